The summed E-state index contributed by atoms with van der Waals surface area (Å²) in [4.78, 5) is 22.8. The van der Waals surface area contributed by atoms with E-state index in [2.05, 4.69) is 0 Å². The van der Waals surface area contributed by atoms with Gasteiger partial charge >= 0.3 is 0 Å². The van der Waals surface area contributed by atoms with Gasteiger partial charge < -0.3 is 4.42 Å². The highest BCUT2D eigenvalue weighted by Gasteiger charge is 2.31. The van der Waals surface area contributed by atoms with Gasteiger partial charge in [0, 0.05) is 5.92 Å². The molecular weight excluding hydrogens is 180 g/mol. The molecule has 2 rings (SSSR count). The average molecular weight is 192 g/mol. The van der Waals surface area contributed by atoms with Crippen LogP contribution in [0.15, 0.2) is 16.5 Å². The normalized spacial score (nSPS) is 15.5. The number of hydrogen-bond donors (Lipinski definition) is 0. The Bertz CT molecular complexity index is 372. The molecule has 74 valence electrons. The van der Waals surface area contributed by atoms with E-state index in [9.17, 15) is 9.59 Å². The predicted octanol–water partition coefficient (Wildman–Crippen LogP) is 2.14. The fourth-order valence-corrected chi connectivity index (χ4v) is 1.38. The van der Waals surface area contributed by atoms with E-state index in [-0.39, 0.29) is 23.9 Å². The number of aryl methyl sites for hydroxylation is 1. The molecule has 1 aromatic heterocycles. The van der Waals surface area contributed by atoms with Crippen molar-refractivity contribution in [2.24, 2.45) is 5.92 Å². The van der Waals surface area contributed by atoms with Crippen LogP contribution in [0.4, 0.5) is 0 Å². The third-order valence-electron chi connectivity index (χ3n) is 2.38. The van der Waals surface area contributed by atoms with E-state index in [1.807, 2.05) is 0 Å². The Balaban J connectivity index is 1.98. The van der Waals surface area contributed by atoms with Gasteiger partial charge in [0.1, 0.15) is 11.5 Å². The molecule has 1 aliphatic carbocycles. The quantitative estimate of drug-likeness (QED) is 0.542. The van der Waals surface area contributed by atoms with Gasteiger partial charge in [0.05, 0.1) is 6.42 Å². The SMILES string of the molecule is Cc1ccc(C(=O)CC(=O)C2CC2)o1. The van der Waals surface area contributed by atoms with E-state index in [1.165, 1.54) is 0 Å². The largest absolute Gasteiger partial charge is 0.458 e. The molecule has 0 aliphatic heterocycles. The van der Waals surface area contributed by atoms with Gasteiger partial charge in [-0.05, 0) is 31.9 Å². The summed E-state index contributed by atoms with van der Waals surface area (Å²) in [6, 6.07) is 3.35. The summed E-state index contributed by atoms with van der Waals surface area (Å²) in [7, 11) is 0. The highest BCUT2D eigenvalue weighted by molar-refractivity contribution is 6.07. The van der Waals surface area contributed by atoms with Crippen LogP contribution in [-0.4, -0.2) is 11.6 Å². The highest BCUT2D eigenvalue weighted by Crippen LogP contribution is 2.31. The van der Waals surface area contributed by atoms with Gasteiger partial charge in [-0.1, -0.05) is 0 Å². The highest BCUT2D eigenvalue weighted by atomic mass is 16.3. The Morgan fingerprint density at radius 2 is 2.14 bits per heavy atom. The summed E-state index contributed by atoms with van der Waals surface area (Å²) in [6.07, 6.45) is 1.89. The maximum absolute atomic E-state index is 11.5. The molecule has 0 atom stereocenters. The zero-order chi connectivity index (χ0) is 10.1. The Morgan fingerprint density at radius 1 is 1.43 bits per heavy atom. The van der Waals surface area contributed by atoms with Crippen LogP contribution in [0.3, 0.4) is 0 Å². The third-order valence-corrected chi connectivity index (χ3v) is 2.38. The van der Waals surface area contributed by atoms with Crippen LogP contribution in [0.1, 0.15) is 35.6 Å². The van der Waals surface area contributed by atoms with Crippen molar-refractivity contribution in [1.82, 2.24) is 0 Å². The number of Topliss-reactive ketones (excluding diaryl/α,β-unsaturated/α-hetero) is 2. The summed E-state index contributed by atoms with van der Waals surface area (Å²) in [5.41, 5.74) is 0. The van der Waals surface area contributed by atoms with E-state index >= 15 is 0 Å². The minimum atomic E-state index is -0.199. The number of hydrogen-bond acceptors (Lipinski definition) is 3. The monoisotopic (exact) mass is 192 g/mol. The molecule has 0 aromatic carbocycles. The number of furan rings is 1. The molecule has 0 unspecified atom stereocenters. The molecule has 3 heteroatoms. The van der Waals surface area contributed by atoms with Crippen LogP contribution >= 0.6 is 0 Å². The smallest absolute Gasteiger partial charge is 0.205 e. The lowest BCUT2D eigenvalue weighted by atomic mass is 10.1. The van der Waals surface area contributed by atoms with E-state index in [0.717, 1.165) is 12.8 Å². The minimum Gasteiger partial charge on any atom is -0.458 e. The number of rotatable bonds is 4. The Labute approximate surface area is 82.1 Å². The minimum absolute atomic E-state index is 0.00236. The molecule has 3 nitrogen and oxygen atoms in total. The van der Waals surface area contributed by atoms with Gasteiger partial charge in [-0.25, -0.2) is 0 Å². The van der Waals surface area contributed by atoms with Crippen molar-refractivity contribution >= 4 is 11.6 Å². The van der Waals surface area contributed by atoms with Crippen molar-refractivity contribution in [3.63, 3.8) is 0 Å². The molecule has 0 saturated heterocycles. The number of ketones is 2. The van der Waals surface area contributed by atoms with Gasteiger partial charge in [0.2, 0.25) is 5.78 Å². The van der Waals surface area contributed by atoms with E-state index in [4.69, 9.17) is 4.42 Å². The Kier molecular flexibility index (Phi) is 2.23. The topological polar surface area (TPSA) is 47.3 Å². The molecule has 0 bridgehead atoms. The van der Waals surface area contributed by atoms with Crippen LogP contribution in [0.25, 0.3) is 0 Å². The summed E-state index contributed by atoms with van der Waals surface area (Å²) in [5, 5.41) is 0. The van der Waals surface area contributed by atoms with Crippen molar-refractivity contribution in [2.45, 2.75) is 26.2 Å². The first-order valence-electron chi connectivity index (χ1n) is 4.79. The van der Waals surface area contributed by atoms with Gasteiger partial charge in [0.25, 0.3) is 0 Å². The Hall–Kier alpha value is -1.38. The zero-order valence-electron chi connectivity index (χ0n) is 8.08. The molecule has 1 aliphatic rings. The zero-order valence-corrected chi connectivity index (χ0v) is 8.08. The molecule has 1 heterocycles. The van der Waals surface area contributed by atoms with Crippen LogP contribution in [0.2, 0.25) is 0 Å². The lowest BCUT2D eigenvalue weighted by Gasteiger charge is -1.95. The Morgan fingerprint density at radius 3 is 2.64 bits per heavy atom. The molecule has 1 aromatic rings. The third kappa shape index (κ3) is 1.92. The predicted molar refractivity (Wildman–Crippen MR) is 50.1 cm³/mol. The fraction of sp³-hybridized carbons (Fsp3) is 0.455. The molecule has 0 N–H and O–H groups in total. The average Bonchev–Trinajstić information content (AvgIpc) is 2.89. The second-order valence-electron chi connectivity index (χ2n) is 3.75. The number of carbonyl (C=O) groups excluding carboxylic acids is 2. The van der Waals surface area contributed by atoms with Gasteiger partial charge in [-0.2, -0.15) is 0 Å². The van der Waals surface area contributed by atoms with Crippen LogP contribution in [0, 0.1) is 12.8 Å². The number of carbonyl (C=O) groups is 2. The first kappa shape index (κ1) is 9.19. The van der Waals surface area contributed by atoms with Crippen molar-refractivity contribution in [2.75, 3.05) is 0 Å². The van der Waals surface area contributed by atoms with E-state index < -0.39 is 0 Å². The molecule has 0 radical (unpaired) electrons. The summed E-state index contributed by atoms with van der Waals surface area (Å²) in [5.74, 6) is 1.01. The standard InChI is InChI=1S/C11H12O3/c1-7-2-5-11(14-7)10(13)6-9(12)8-3-4-8/h2,5,8H,3-4,6H2,1H3. The maximum atomic E-state index is 11.5. The van der Waals surface area contributed by atoms with E-state index in [0.29, 0.717) is 11.5 Å². The molecule has 0 amide bonds. The summed E-state index contributed by atoms with van der Waals surface area (Å²) in [6.45, 7) is 1.78. The second-order valence-corrected chi connectivity index (χ2v) is 3.75. The fourth-order valence-electron chi connectivity index (χ4n) is 1.38. The van der Waals surface area contributed by atoms with Crippen LogP contribution < -0.4 is 0 Å². The maximum Gasteiger partial charge on any atom is 0.205 e. The van der Waals surface area contributed by atoms with Gasteiger partial charge in [-0.3, -0.25) is 9.59 Å². The first-order chi connectivity index (χ1) is 6.66. The summed E-state index contributed by atoms with van der Waals surface area (Å²) < 4.78 is 5.14. The lowest BCUT2D eigenvalue weighted by molar-refractivity contribution is -0.119. The van der Waals surface area contributed by atoms with Crippen LogP contribution in [0.5, 0.6) is 0 Å². The van der Waals surface area contributed by atoms with Crippen LogP contribution in [-0.2, 0) is 4.79 Å². The molecular formula is C11H12O3. The molecule has 14 heavy (non-hydrogen) atoms. The van der Waals surface area contributed by atoms with Crippen molar-refractivity contribution in [3.05, 3.63) is 23.7 Å². The van der Waals surface area contributed by atoms with Crippen molar-refractivity contribution < 1.29 is 14.0 Å². The lowest BCUT2D eigenvalue weighted by Crippen LogP contribution is -2.08. The second kappa shape index (κ2) is 3.40. The van der Waals surface area contributed by atoms with Gasteiger partial charge in [-0.15, -0.1) is 0 Å². The van der Waals surface area contributed by atoms with E-state index in [1.54, 1.807) is 19.1 Å². The van der Waals surface area contributed by atoms with Crippen molar-refractivity contribution in [3.8, 4) is 0 Å². The molecule has 1 saturated carbocycles. The summed E-state index contributed by atoms with van der Waals surface area (Å²) >= 11 is 0. The molecule has 1 fully saturated rings. The molecule has 0 spiro atoms. The van der Waals surface area contributed by atoms with Gasteiger partial charge in [0.15, 0.2) is 5.76 Å². The first-order valence-corrected chi connectivity index (χ1v) is 4.79. The van der Waals surface area contributed by atoms with Crippen molar-refractivity contribution in [1.29, 1.82) is 0 Å².